The molecular weight excluding hydrogens is 274 g/mol. The normalized spacial score (nSPS) is 18.9. The van der Waals surface area contributed by atoms with E-state index in [9.17, 15) is 8.42 Å². The highest BCUT2D eigenvalue weighted by Gasteiger charge is 2.20. The molecule has 0 unspecified atom stereocenters. The highest BCUT2D eigenvalue weighted by Crippen LogP contribution is 2.30. The molecule has 2 heterocycles. The Labute approximate surface area is 118 Å². The summed E-state index contributed by atoms with van der Waals surface area (Å²) in [5.74, 6) is 0.488. The van der Waals surface area contributed by atoms with Crippen molar-refractivity contribution < 1.29 is 8.42 Å². The highest BCUT2D eigenvalue weighted by atomic mass is 32.2. The van der Waals surface area contributed by atoms with Crippen LogP contribution in [0.15, 0.2) is 30.6 Å². The molecule has 0 saturated carbocycles. The van der Waals surface area contributed by atoms with Crippen molar-refractivity contribution in [3.05, 3.63) is 30.6 Å². The van der Waals surface area contributed by atoms with Crippen LogP contribution in [-0.4, -0.2) is 38.0 Å². The maximum atomic E-state index is 11.7. The second-order valence-electron chi connectivity index (χ2n) is 5.09. The van der Waals surface area contributed by atoms with Gasteiger partial charge >= 0.3 is 0 Å². The zero-order valence-corrected chi connectivity index (χ0v) is 11.9. The van der Waals surface area contributed by atoms with Crippen molar-refractivity contribution >= 4 is 32.0 Å². The zero-order valence-electron chi connectivity index (χ0n) is 11.1. The molecule has 106 valence electrons. The number of aromatic nitrogens is 1. The summed E-state index contributed by atoms with van der Waals surface area (Å²) in [4.78, 5) is 6.24. The van der Waals surface area contributed by atoms with E-state index in [2.05, 4.69) is 9.88 Å². The van der Waals surface area contributed by atoms with Crippen molar-refractivity contribution in [1.29, 1.82) is 0 Å². The number of nitrogen functional groups attached to an aromatic ring is 1. The van der Waals surface area contributed by atoms with Gasteiger partial charge in [-0.05, 0) is 24.6 Å². The van der Waals surface area contributed by atoms with Crippen LogP contribution >= 0.6 is 0 Å². The minimum Gasteiger partial charge on any atom is -0.398 e. The zero-order chi connectivity index (χ0) is 14.2. The van der Waals surface area contributed by atoms with Gasteiger partial charge in [-0.15, -0.1) is 0 Å². The lowest BCUT2D eigenvalue weighted by Gasteiger charge is -2.24. The first kappa shape index (κ1) is 13.2. The molecule has 2 N–H and O–H groups in total. The summed E-state index contributed by atoms with van der Waals surface area (Å²) in [5, 5.41) is 1.94. The minimum absolute atomic E-state index is 0.212. The molecule has 2 aromatic rings. The minimum atomic E-state index is -2.90. The van der Waals surface area contributed by atoms with Gasteiger partial charge in [0.15, 0.2) is 9.84 Å². The van der Waals surface area contributed by atoms with Crippen LogP contribution in [0.5, 0.6) is 0 Å². The molecule has 3 rings (SSSR count). The lowest BCUT2D eigenvalue weighted by Crippen LogP contribution is -2.26. The van der Waals surface area contributed by atoms with Crippen LogP contribution in [0, 0.1) is 0 Å². The lowest BCUT2D eigenvalue weighted by atomic mass is 10.1. The summed E-state index contributed by atoms with van der Waals surface area (Å²) in [7, 11) is -2.90. The fraction of sp³-hybridized carbons (Fsp3) is 0.357. The lowest BCUT2D eigenvalue weighted by molar-refractivity contribution is 0.597. The molecule has 1 fully saturated rings. The van der Waals surface area contributed by atoms with Gasteiger partial charge in [-0.3, -0.25) is 4.98 Å². The van der Waals surface area contributed by atoms with Crippen molar-refractivity contribution in [2.75, 3.05) is 35.2 Å². The van der Waals surface area contributed by atoms with E-state index in [4.69, 9.17) is 5.73 Å². The molecule has 0 atom stereocenters. The molecule has 0 aliphatic carbocycles. The van der Waals surface area contributed by atoms with Crippen LogP contribution in [0.3, 0.4) is 0 Å². The van der Waals surface area contributed by atoms with Gasteiger partial charge in [0, 0.05) is 47.6 Å². The van der Waals surface area contributed by atoms with E-state index < -0.39 is 9.84 Å². The van der Waals surface area contributed by atoms with Crippen LogP contribution in [0.1, 0.15) is 6.42 Å². The Morgan fingerprint density at radius 3 is 2.80 bits per heavy atom. The van der Waals surface area contributed by atoms with Crippen LogP contribution in [0.2, 0.25) is 0 Å². The van der Waals surface area contributed by atoms with E-state index in [-0.39, 0.29) is 11.5 Å². The van der Waals surface area contributed by atoms with Crippen molar-refractivity contribution in [1.82, 2.24) is 4.98 Å². The average molecular weight is 291 g/mol. The number of hydrogen-bond donors (Lipinski definition) is 1. The number of nitrogens with zero attached hydrogens (tertiary/aromatic N) is 2. The number of hydrogen-bond acceptors (Lipinski definition) is 5. The van der Waals surface area contributed by atoms with Gasteiger partial charge in [-0.2, -0.15) is 0 Å². The van der Waals surface area contributed by atoms with Gasteiger partial charge < -0.3 is 10.6 Å². The number of sulfone groups is 1. The van der Waals surface area contributed by atoms with Crippen LogP contribution in [0.25, 0.3) is 10.8 Å². The third-order valence-electron chi connectivity index (χ3n) is 3.73. The predicted molar refractivity (Wildman–Crippen MR) is 81.6 cm³/mol. The largest absolute Gasteiger partial charge is 0.398 e. The van der Waals surface area contributed by atoms with Gasteiger partial charge in [0.05, 0.1) is 11.5 Å². The quantitative estimate of drug-likeness (QED) is 0.805. The van der Waals surface area contributed by atoms with Crippen molar-refractivity contribution in [2.45, 2.75) is 6.42 Å². The Bertz CT molecular complexity index is 743. The number of pyridine rings is 1. The van der Waals surface area contributed by atoms with E-state index in [0.29, 0.717) is 18.7 Å². The average Bonchev–Trinajstić information content (AvgIpc) is 2.61. The first-order chi connectivity index (χ1) is 9.57. The maximum absolute atomic E-state index is 11.7. The molecule has 1 aromatic heterocycles. The molecular formula is C14H17N3O2S. The van der Waals surface area contributed by atoms with Crippen molar-refractivity contribution in [3.63, 3.8) is 0 Å². The van der Waals surface area contributed by atoms with Crippen molar-refractivity contribution in [2.24, 2.45) is 0 Å². The van der Waals surface area contributed by atoms with Gasteiger partial charge in [0.2, 0.25) is 0 Å². The molecule has 0 spiro atoms. The van der Waals surface area contributed by atoms with Gasteiger partial charge in [0.1, 0.15) is 0 Å². The Morgan fingerprint density at radius 1 is 1.10 bits per heavy atom. The van der Waals surface area contributed by atoms with Crippen molar-refractivity contribution in [3.8, 4) is 0 Å². The predicted octanol–water partition coefficient (Wildman–Crippen LogP) is 1.44. The number of fused-ring (bicyclic) bond motifs is 1. The van der Waals surface area contributed by atoms with E-state index in [1.54, 1.807) is 12.4 Å². The summed E-state index contributed by atoms with van der Waals surface area (Å²) in [6.07, 6.45) is 4.15. The Balaban J connectivity index is 2.04. The molecule has 1 aromatic carbocycles. The molecule has 0 amide bonds. The SMILES string of the molecule is Nc1ccc(N2CCCS(=O)(=O)CC2)c2ccncc12. The highest BCUT2D eigenvalue weighted by molar-refractivity contribution is 7.91. The Hall–Kier alpha value is -1.82. The van der Waals surface area contributed by atoms with E-state index >= 15 is 0 Å². The molecule has 1 aliphatic heterocycles. The second kappa shape index (κ2) is 4.94. The topological polar surface area (TPSA) is 76.3 Å². The first-order valence-electron chi connectivity index (χ1n) is 6.64. The van der Waals surface area contributed by atoms with E-state index in [0.717, 1.165) is 23.0 Å². The standard InChI is InChI=1S/C14H17N3O2S/c15-13-2-3-14(11-4-5-16-10-12(11)13)17-6-1-8-20(18,19)9-7-17/h2-5,10H,1,6-9,15H2. The summed E-state index contributed by atoms with van der Waals surface area (Å²) < 4.78 is 23.4. The van der Waals surface area contributed by atoms with E-state index in [1.165, 1.54) is 0 Å². The first-order valence-corrected chi connectivity index (χ1v) is 8.46. The molecule has 20 heavy (non-hydrogen) atoms. The summed E-state index contributed by atoms with van der Waals surface area (Å²) in [6.45, 7) is 1.28. The number of anilines is 2. The summed E-state index contributed by atoms with van der Waals surface area (Å²) >= 11 is 0. The third-order valence-corrected chi connectivity index (χ3v) is 5.44. The fourth-order valence-electron chi connectivity index (χ4n) is 2.65. The molecule has 5 nitrogen and oxygen atoms in total. The molecule has 6 heteroatoms. The number of nitrogens with two attached hydrogens (primary N) is 1. The van der Waals surface area contributed by atoms with Gasteiger partial charge in [-0.1, -0.05) is 0 Å². The van der Waals surface area contributed by atoms with Gasteiger partial charge in [0.25, 0.3) is 0 Å². The Morgan fingerprint density at radius 2 is 1.95 bits per heavy atom. The van der Waals surface area contributed by atoms with E-state index in [1.807, 2.05) is 18.2 Å². The summed E-state index contributed by atoms with van der Waals surface area (Å²) in [6, 6.07) is 5.76. The maximum Gasteiger partial charge on any atom is 0.152 e. The van der Waals surface area contributed by atoms with Crippen LogP contribution < -0.4 is 10.6 Å². The molecule has 0 radical (unpaired) electrons. The Kier molecular flexibility index (Phi) is 3.25. The summed E-state index contributed by atoms with van der Waals surface area (Å²) in [5.41, 5.74) is 7.70. The van der Waals surface area contributed by atoms with Crippen LogP contribution in [-0.2, 0) is 9.84 Å². The fourth-order valence-corrected chi connectivity index (χ4v) is 3.92. The number of benzene rings is 1. The van der Waals surface area contributed by atoms with Crippen LogP contribution in [0.4, 0.5) is 11.4 Å². The van der Waals surface area contributed by atoms with Gasteiger partial charge in [-0.25, -0.2) is 8.42 Å². The smallest absolute Gasteiger partial charge is 0.152 e. The number of rotatable bonds is 1. The second-order valence-corrected chi connectivity index (χ2v) is 7.39. The third kappa shape index (κ3) is 2.43. The molecule has 1 saturated heterocycles. The molecule has 0 bridgehead atoms. The monoisotopic (exact) mass is 291 g/mol. The molecule has 1 aliphatic rings.